The molecule has 5 nitrogen and oxygen atoms in total. The van der Waals surface area contributed by atoms with Crippen LogP contribution in [0.2, 0.25) is 0 Å². The van der Waals surface area contributed by atoms with E-state index < -0.39 is 11.7 Å². The maximum Gasteiger partial charge on any atom is 0.302 e. The van der Waals surface area contributed by atoms with Crippen LogP contribution in [0.25, 0.3) is 0 Å². The lowest BCUT2D eigenvalue weighted by Gasteiger charge is -2.64. The third-order valence-electron chi connectivity index (χ3n) is 8.86. The summed E-state index contributed by atoms with van der Waals surface area (Å²) in [5.41, 5.74) is -1.84. The number of aliphatic hydroxyl groups excluding tert-OH is 1. The van der Waals surface area contributed by atoms with Gasteiger partial charge in [0, 0.05) is 30.6 Å². The second-order valence-electron chi connectivity index (χ2n) is 9.86. The molecule has 4 aliphatic carbocycles. The Labute approximate surface area is 155 Å². The minimum atomic E-state index is -1.22. The zero-order chi connectivity index (χ0) is 18.9. The van der Waals surface area contributed by atoms with Crippen molar-refractivity contribution in [2.75, 3.05) is 0 Å². The third kappa shape index (κ3) is 2.29. The van der Waals surface area contributed by atoms with Crippen molar-refractivity contribution in [3.8, 4) is 0 Å². The lowest BCUT2D eigenvalue weighted by atomic mass is 9.43. The van der Waals surface area contributed by atoms with E-state index in [-0.39, 0.29) is 22.9 Å². The van der Waals surface area contributed by atoms with E-state index in [9.17, 15) is 19.8 Å². The number of fused-ring (bicyclic) bond motifs is 5. The molecule has 0 spiro atoms. The summed E-state index contributed by atoms with van der Waals surface area (Å²) in [6, 6.07) is 0. The Hall–Kier alpha value is -0.940. The molecule has 5 heteroatoms. The van der Waals surface area contributed by atoms with Gasteiger partial charge < -0.3 is 14.9 Å². The van der Waals surface area contributed by atoms with Crippen LogP contribution in [0.1, 0.15) is 72.1 Å². The fraction of sp³-hybridized carbons (Fsp3) is 0.905. The van der Waals surface area contributed by atoms with Crippen molar-refractivity contribution in [2.24, 2.45) is 28.6 Å². The van der Waals surface area contributed by atoms with Crippen molar-refractivity contribution in [2.45, 2.75) is 89.9 Å². The number of aliphatic hydroxyl groups is 2. The van der Waals surface area contributed by atoms with Crippen LogP contribution in [0.3, 0.4) is 0 Å². The molecule has 26 heavy (non-hydrogen) atoms. The summed E-state index contributed by atoms with van der Waals surface area (Å²) in [7, 11) is 0. The fourth-order valence-corrected chi connectivity index (χ4v) is 7.35. The highest BCUT2D eigenvalue weighted by Gasteiger charge is 2.67. The van der Waals surface area contributed by atoms with Crippen LogP contribution in [-0.4, -0.2) is 39.8 Å². The zero-order valence-corrected chi connectivity index (χ0v) is 16.2. The molecule has 8 atom stereocenters. The van der Waals surface area contributed by atoms with Crippen LogP contribution in [0.5, 0.6) is 0 Å². The van der Waals surface area contributed by atoms with E-state index in [1.165, 1.54) is 6.92 Å². The van der Waals surface area contributed by atoms with Gasteiger partial charge in [-0.1, -0.05) is 13.8 Å². The molecule has 0 aliphatic heterocycles. The zero-order valence-electron chi connectivity index (χ0n) is 16.2. The molecule has 0 bridgehead atoms. The number of Topliss-reactive ketones (excluding diaryl/α,β-unsaturated/α-hetero) is 1. The van der Waals surface area contributed by atoms with E-state index >= 15 is 0 Å². The lowest BCUT2D eigenvalue weighted by molar-refractivity contribution is -0.264. The molecule has 0 amide bonds. The molecule has 4 aliphatic rings. The van der Waals surface area contributed by atoms with Crippen molar-refractivity contribution in [1.29, 1.82) is 0 Å². The number of hydrogen-bond donors (Lipinski definition) is 2. The largest absolute Gasteiger partial charge is 0.462 e. The van der Waals surface area contributed by atoms with E-state index in [0.717, 1.165) is 32.1 Å². The predicted octanol–water partition coefficient (Wildman–Crippen LogP) is 2.62. The van der Waals surface area contributed by atoms with Crippen LogP contribution in [0.15, 0.2) is 0 Å². The predicted molar refractivity (Wildman–Crippen MR) is 95.1 cm³/mol. The molecule has 146 valence electrons. The van der Waals surface area contributed by atoms with Crippen LogP contribution < -0.4 is 0 Å². The molecule has 4 fully saturated rings. The van der Waals surface area contributed by atoms with Gasteiger partial charge in [0.1, 0.15) is 11.9 Å². The third-order valence-corrected chi connectivity index (χ3v) is 8.86. The highest BCUT2D eigenvalue weighted by molar-refractivity contribution is 5.87. The minimum absolute atomic E-state index is 0.234. The summed E-state index contributed by atoms with van der Waals surface area (Å²) in [5, 5.41) is 22.6. The topological polar surface area (TPSA) is 83.8 Å². The summed E-state index contributed by atoms with van der Waals surface area (Å²) in [4.78, 5) is 23.9. The Bertz CT molecular complexity index is 632. The highest BCUT2D eigenvalue weighted by atomic mass is 16.5. The Kier molecular flexibility index (Phi) is 4.09. The SMILES string of the molecule is CC(=O)O[C@H]1CC[C@]2(C)C3CC[C@]4(C)C(=O)CCC4C3C[C@@H](O)[C@@]2(O)C1. The number of esters is 1. The standard InChI is InChI=1S/C21H32O5/c1-12(22)26-13-6-9-20(3)16-7-8-19(2)15(4-5-17(19)23)14(16)10-18(24)21(20,25)11-13/h13-16,18,24-25H,4-11H2,1-3H3/t13-,14?,15?,16?,18+,19-,20+,21-/m0/s1. The second-order valence-corrected chi connectivity index (χ2v) is 9.86. The van der Waals surface area contributed by atoms with Crippen molar-refractivity contribution in [1.82, 2.24) is 0 Å². The summed E-state index contributed by atoms with van der Waals surface area (Å²) >= 11 is 0. The van der Waals surface area contributed by atoms with Crippen LogP contribution in [0, 0.1) is 28.6 Å². The van der Waals surface area contributed by atoms with Gasteiger partial charge in [-0.25, -0.2) is 0 Å². The fourth-order valence-electron chi connectivity index (χ4n) is 7.35. The molecule has 0 saturated heterocycles. The first-order chi connectivity index (χ1) is 12.1. The Balaban J connectivity index is 1.65. The van der Waals surface area contributed by atoms with Crippen molar-refractivity contribution in [3.63, 3.8) is 0 Å². The van der Waals surface area contributed by atoms with E-state index in [4.69, 9.17) is 4.74 Å². The van der Waals surface area contributed by atoms with Gasteiger partial charge >= 0.3 is 5.97 Å². The molecule has 0 radical (unpaired) electrons. The minimum Gasteiger partial charge on any atom is -0.462 e. The lowest BCUT2D eigenvalue weighted by Crippen LogP contribution is -2.68. The summed E-state index contributed by atoms with van der Waals surface area (Å²) < 4.78 is 5.38. The highest BCUT2D eigenvalue weighted by Crippen LogP contribution is 2.66. The van der Waals surface area contributed by atoms with Crippen LogP contribution in [-0.2, 0) is 14.3 Å². The molecule has 4 saturated carbocycles. The normalized spacial score (nSPS) is 53.4. The molecule has 4 rings (SSSR count). The molecule has 0 heterocycles. The van der Waals surface area contributed by atoms with Crippen molar-refractivity contribution >= 4 is 11.8 Å². The van der Waals surface area contributed by atoms with Crippen molar-refractivity contribution in [3.05, 3.63) is 0 Å². The summed E-state index contributed by atoms with van der Waals surface area (Å²) in [6.45, 7) is 5.64. The first-order valence-electron chi connectivity index (χ1n) is 10.2. The van der Waals surface area contributed by atoms with E-state index in [2.05, 4.69) is 13.8 Å². The van der Waals surface area contributed by atoms with Crippen LogP contribution >= 0.6 is 0 Å². The van der Waals surface area contributed by atoms with Gasteiger partial charge in [0.2, 0.25) is 0 Å². The van der Waals surface area contributed by atoms with E-state index in [0.29, 0.717) is 42.8 Å². The summed E-state index contributed by atoms with van der Waals surface area (Å²) in [6.07, 6.45) is 4.62. The number of hydrogen-bond acceptors (Lipinski definition) is 5. The maximum absolute atomic E-state index is 12.5. The quantitative estimate of drug-likeness (QED) is 0.699. The molecule has 0 aromatic rings. The van der Waals surface area contributed by atoms with Gasteiger partial charge in [0.15, 0.2) is 0 Å². The van der Waals surface area contributed by atoms with E-state index in [1.807, 2.05) is 0 Å². The maximum atomic E-state index is 12.5. The Morgan fingerprint density at radius 1 is 1.15 bits per heavy atom. The van der Waals surface area contributed by atoms with Crippen molar-refractivity contribution < 1.29 is 24.5 Å². The molecule has 2 N–H and O–H groups in total. The van der Waals surface area contributed by atoms with Gasteiger partial charge in [-0.05, 0) is 56.3 Å². The molecule has 0 aromatic carbocycles. The molecular formula is C21H32O5. The van der Waals surface area contributed by atoms with Gasteiger partial charge in [-0.15, -0.1) is 0 Å². The number of ether oxygens (including phenoxy) is 1. The van der Waals surface area contributed by atoms with Gasteiger partial charge in [0.25, 0.3) is 0 Å². The number of carbonyl (C=O) groups is 2. The summed E-state index contributed by atoms with van der Waals surface area (Å²) in [5.74, 6) is 1.00. The van der Waals surface area contributed by atoms with Gasteiger partial charge in [-0.3, -0.25) is 9.59 Å². The number of ketones is 1. The molecule has 0 aromatic heterocycles. The number of rotatable bonds is 1. The second kappa shape index (κ2) is 5.78. The molecule has 3 unspecified atom stereocenters. The van der Waals surface area contributed by atoms with Gasteiger partial charge in [0.05, 0.1) is 11.7 Å². The van der Waals surface area contributed by atoms with E-state index in [1.54, 1.807) is 0 Å². The monoisotopic (exact) mass is 364 g/mol. The average Bonchev–Trinajstić information content (AvgIpc) is 2.86. The average molecular weight is 364 g/mol. The first-order valence-corrected chi connectivity index (χ1v) is 10.2. The Morgan fingerprint density at radius 2 is 1.88 bits per heavy atom. The molecular weight excluding hydrogens is 332 g/mol. The van der Waals surface area contributed by atoms with Crippen LogP contribution in [0.4, 0.5) is 0 Å². The van der Waals surface area contributed by atoms with Gasteiger partial charge in [-0.2, -0.15) is 0 Å². The smallest absolute Gasteiger partial charge is 0.302 e. The first kappa shape index (κ1) is 18.4. The Morgan fingerprint density at radius 3 is 2.58 bits per heavy atom. The number of carbonyl (C=O) groups excluding carboxylic acids is 2.